The van der Waals surface area contributed by atoms with Crippen LogP contribution in [0.15, 0.2) is 10.3 Å². The van der Waals surface area contributed by atoms with Crippen LogP contribution in [0.5, 0.6) is 0 Å². The van der Waals surface area contributed by atoms with Gasteiger partial charge in [0.05, 0.1) is 16.3 Å². The summed E-state index contributed by atoms with van der Waals surface area (Å²) in [5.74, 6) is 4.92. The topological polar surface area (TPSA) is 111 Å². The van der Waals surface area contributed by atoms with Gasteiger partial charge < -0.3 is 10.4 Å². The monoisotopic (exact) mass is 231 g/mol. The Labute approximate surface area is 94.2 Å². The van der Waals surface area contributed by atoms with E-state index in [-0.39, 0.29) is 0 Å². The quantitative estimate of drug-likeness (QED) is 0.146. The van der Waals surface area contributed by atoms with Crippen molar-refractivity contribution in [2.24, 2.45) is 16.2 Å². The maximum Gasteiger partial charge on any atom is 0.224 e. The average Bonchev–Trinajstić information content (AvgIpc) is 2.26. The molecule has 0 bridgehead atoms. The summed E-state index contributed by atoms with van der Waals surface area (Å²) in [6, 6.07) is 0. The molecule has 0 fully saturated rings. The minimum atomic E-state index is 0.308. The minimum Gasteiger partial charge on any atom is -0.411 e. The zero-order valence-corrected chi connectivity index (χ0v) is 9.46. The van der Waals surface area contributed by atoms with Crippen LogP contribution < -0.4 is 5.84 Å². The Kier molecular flexibility index (Phi) is 7.74. The molecule has 0 aliphatic heterocycles. The van der Waals surface area contributed by atoms with Crippen molar-refractivity contribution >= 4 is 11.4 Å². The summed E-state index contributed by atoms with van der Waals surface area (Å²) in [5, 5.41) is 23.3. The number of nitrogens with two attached hydrogens (primary N) is 1. The van der Waals surface area contributed by atoms with Crippen LogP contribution in [0.25, 0.3) is 0 Å². The van der Waals surface area contributed by atoms with Crippen molar-refractivity contribution in [2.45, 2.75) is 39.0 Å². The van der Waals surface area contributed by atoms with Crippen molar-refractivity contribution < 1.29 is 15.3 Å². The molecule has 92 valence electrons. The van der Waals surface area contributed by atoms with E-state index in [1.807, 2.05) is 0 Å². The predicted octanol–water partition coefficient (Wildman–Crippen LogP) is 1.27. The lowest BCUT2D eigenvalue weighted by atomic mass is 10.1. The molecular formula is C9H19N4O3+. The summed E-state index contributed by atoms with van der Waals surface area (Å²) in [5.41, 5.74) is 1.07. The highest BCUT2D eigenvalue weighted by atomic mass is 16.4. The van der Waals surface area contributed by atoms with Gasteiger partial charge in [0.25, 0.3) is 0 Å². The molecule has 0 aliphatic carbocycles. The second kappa shape index (κ2) is 8.63. The second-order valence-corrected chi connectivity index (χ2v) is 3.63. The first-order valence-electron chi connectivity index (χ1n) is 5.16. The molecule has 0 spiro atoms. The molecule has 0 unspecified atom stereocenters. The van der Waals surface area contributed by atoms with E-state index in [0.717, 1.165) is 12.8 Å². The molecule has 0 radical (unpaired) electrons. The Morgan fingerprint density at radius 2 is 1.94 bits per heavy atom. The Morgan fingerprint density at radius 1 is 1.25 bits per heavy atom. The van der Waals surface area contributed by atoms with E-state index >= 15 is 0 Å². The molecule has 7 heteroatoms. The standard InChI is InChI=1S/C9H18N4O3/c1-8(11-14)7-9(12-15)5-3-2-4-6-13(10)16/h2-7H2,1H3,(H3-,10,14,15,16)/p+1. The van der Waals surface area contributed by atoms with Gasteiger partial charge in [0, 0.05) is 12.8 Å². The van der Waals surface area contributed by atoms with Crippen molar-refractivity contribution in [1.82, 2.24) is 0 Å². The summed E-state index contributed by atoms with van der Waals surface area (Å²) in [4.78, 5) is 10.8. The third-order valence-electron chi connectivity index (χ3n) is 2.12. The van der Waals surface area contributed by atoms with Crippen LogP contribution in [0.3, 0.4) is 0 Å². The van der Waals surface area contributed by atoms with Gasteiger partial charge in [-0.2, -0.15) is 5.84 Å². The van der Waals surface area contributed by atoms with E-state index in [4.69, 9.17) is 16.3 Å². The van der Waals surface area contributed by atoms with E-state index in [0.29, 0.717) is 42.1 Å². The summed E-state index contributed by atoms with van der Waals surface area (Å²) >= 11 is 0. The SMILES string of the molecule is CC(CC(CCCCC[N+](N)=O)=NO)=NO. The van der Waals surface area contributed by atoms with Crippen LogP contribution in [-0.2, 0) is 0 Å². The van der Waals surface area contributed by atoms with Gasteiger partial charge in [-0.1, -0.05) is 10.3 Å². The number of nitroso groups, excluding NO2 is 1. The van der Waals surface area contributed by atoms with Gasteiger partial charge in [-0.05, 0) is 26.2 Å². The van der Waals surface area contributed by atoms with Crippen molar-refractivity contribution in [2.75, 3.05) is 6.54 Å². The fourth-order valence-electron chi connectivity index (χ4n) is 1.28. The first-order chi connectivity index (χ1) is 7.60. The van der Waals surface area contributed by atoms with E-state index in [9.17, 15) is 4.91 Å². The zero-order valence-electron chi connectivity index (χ0n) is 9.46. The molecule has 4 N–H and O–H groups in total. The molecule has 0 amide bonds. The van der Waals surface area contributed by atoms with Gasteiger partial charge in [-0.15, -0.1) is 0 Å². The molecule has 0 aromatic carbocycles. The number of unbranched alkanes of at least 4 members (excludes halogenated alkanes) is 2. The smallest absolute Gasteiger partial charge is 0.224 e. The van der Waals surface area contributed by atoms with Gasteiger partial charge in [0.2, 0.25) is 6.54 Å². The van der Waals surface area contributed by atoms with Crippen LogP contribution in [-0.4, -0.2) is 33.3 Å². The van der Waals surface area contributed by atoms with E-state index in [1.54, 1.807) is 6.92 Å². The van der Waals surface area contributed by atoms with Crippen LogP contribution in [0.2, 0.25) is 0 Å². The summed E-state index contributed by atoms with van der Waals surface area (Å²) in [6.07, 6.45) is 3.34. The normalized spacial score (nSPS) is 12.8. The molecule has 0 atom stereocenters. The zero-order chi connectivity index (χ0) is 12.4. The Hall–Kier alpha value is -1.66. The average molecular weight is 231 g/mol. The largest absolute Gasteiger partial charge is 0.411 e. The van der Waals surface area contributed by atoms with Crippen LogP contribution in [0.1, 0.15) is 39.0 Å². The first-order valence-corrected chi connectivity index (χ1v) is 5.16. The Bertz CT molecular complexity index is 276. The summed E-state index contributed by atoms with van der Waals surface area (Å²) < 4.78 is 0. The molecule has 7 nitrogen and oxygen atoms in total. The summed E-state index contributed by atoms with van der Waals surface area (Å²) in [6.45, 7) is 1.96. The molecule has 0 saturated heterocycles. The van der Waals surface area contributed by atoms with Gasteiger partial charge in [0.1, 0.15) is 4.87 Å². The summed E-state index contributed by atoms with van der Waals surface area (Å²) in [7, 11) is 0. The van der Waals surface area contributed by atoms with E-state index in [2.05, 4.69) is 10.3 Å². The molecule has 0 rings (SSSR count). The molecule has 16 heavy (non-hydrogen) atoms. The van der Waals surface area contributed by atoms with E-state index in [1.165, 1.54) is 0 Å². The van der Waals surface area contributed by atoms with Gasteiger partial charge >= 0.3 is 0 Å². The van der Waals surface area contributed by atoms with Crippen LogP contribution in [0, 0.1) is 4.91 Å². The first kappa shape index (κ1) is 14.3. The molecular weight excluding hydrogens is 212 g/mol. The fourth-order valence-corrected chi connectivity index (χ4v) is 1.28. The highest BCUT2D eigenvalue weighted by molar-refractivity contribution is 6.02. The Morgan fingerprint density at radius 3 is 2.44 bits per heavy atom. The van der Waals surface area contributed by atoms with Gasteiger partial charge in [-0.25, -0.2) is 0 Å². The van der Waals surface area contributed by atoms with Crippen LogP contribution >= 0.6 is 0 Å². The van der Waals surface area contributed by atoms with Crippen molar-refractivity contribution in [1.29, 1.82) is 0 Å². The lowest BCUT2D eigenvalue weighted by Gasteiger charge is -2.02. The molecule has 0 aromatic rings. The van der Waals surface area contributed by atoms with Gasteiger partial charge in [-0.3, -0.25) is 0 Å². The predicted molar refractivity (Wildman–Crippen MR) is 59.9 cm³/mol. The minimum absolute atomic E-state index is 0.308. The lowest BCUT2D eigenvalue weighted by Crippen LogP contribution is -2.17. The molecule has 0 aliphatic rings. The second-order valence-electron chi connectivity index (χ2n) is 3.63. The maximum atomic E-state index is 10.4. The highest BCUT2D eigenvalue weighted by Gasteiger charge is 2.05. The Balaban J connectivity index is 3.69. The van der Waals surface area contributed by atoms with Crippen molar-refractivity contribution in [3.05, 3.63) is 4.91 Å². The third kappa shape index (κ3) is 7.72. The molecule has 0 heterocycles. The molecule has 0 aromatic heterocycles. The van der Waals surface area contributed by atoms with Gasteiger partial charge in [0.15, 0.2) is 0 Å². The number of hydrazine groups is 1. The number of nitrogens with zero attached hydrogens (tertiary/aromatic N) is 3. The number of hydrogen-bond acceptors (Lipinski definition) is 5. The highest BCUT2D eigenvalue weighted by Crippen LogP contribution is 2.04. The lowest BCUT2D eigenvalue weighted by molar-refractivity contribution is -0.560. The number of oxime groups is 2. The fraction of sp³-hybridized carbons (Fsp3) is 0.778. The van der Waals surface area contributed by atoms with Crippen LogP contribution in [0.4, 0.5) is 0 Å². The van der Waals surface area contributed by atoms with E-state index < -0.39 is 0 Å². The van der Waals surface area contributed by atoms with Crippen molar-refractivity contribution in [3.63, 3.8) is 0 Å². The third-order valence-corrected chi connectivity index (χ3v) is 2.12. The number of hydrogen-bond donors (Lipinski definition) is 3. The number of rotatable bonds is 8. The van der Waals surface area contributed by atoms with Crippen molar-refractivity contribution in [3.8, 4) is 0 Å². The molecule has 0 saturated carbocycles. The maximum absolute atomic E-state index is 10.4.